The van der Waals surface area contributed by atoms with Gasteiger partial charge in [-0.25, -0.2) is 4.79 Å². The van der Waals surface area contributed by atoms with E-state index in [0.717, 1.165) is 0 Å². The first-order valence-corrected chi connectivity index (χ1v) is 7.13. The maximum atomic E-state index is 11.3. The molecule has 0 aromatic rings. The molecule has 0 heterocycles. The molecule has 0 fully saturated rings. The van der Waals surface area contributed by atoms with Crippen LogP contribution in [0.3, 0.4) is 0 Å². The Hall–Kier alpha value is -1.28. The van der Waals surface area contributed by atoms with Crippen LogP contribution in [0.2, 0.25) is 0 Å². The van der Waals surface area contributed by atoms with Crippen LogP contribution >= 0.6 is 11.8 Å². The highest BCUT2D eigenvalue weighted by molar-refractivity contribution is 7.99. The molecule has 0 spiro atoms. The van der Waals surface area contributed by atoms with E-state index in [1.54, 1.807) is 13.8 Å². The third-order valence-electron chi connectivity index (χ3n) is 1.91. The molecule has 2 amide bonds. The normalized spacial score (nSPS) is 11.5. The van der Waals surface area contributed by atoms with Gasteiger partial charge < -0.3 is 15.2 Å². The molecule has 7 nitrogen and oxygen atoms in total. The summed E-state index contributed by atoms with van der Waals surface area (Å²) in [5, 5.41) is 2.07. The molecule has 0 rings (SSSR count). The smallest absolute Gasteiger partial charge is 0.413 e. The van der Waals surface area contributed by atoms with Crippen molar-refractivity contribution in [2.24, 2.45) is 5.73 Å². The number of esters is 1. The van der Waals surface area contributed by atoms with Crippen LogP contribution in [-0.2, 0) is 19.1 Å². The van der Waals surface area contributed by atoms with E-state index in [0.29, 0.717) is 18.8 Å². The molecule has 110 valence electrons. The molecule has 0 radical (unpaired) electrons. The van der Waals surface area contributed by atoms with Gasteiger partial charge in [-0.1, -0.05) is 0 Å². The van der Waals surface area contributed by atoms with E-state index >= 15 is 0 Å². The lowest BCUT2D eigenvalue weighted by molar-refractivity contribution is -0.144. The fourth-order valence-electron chi connectivity index (χ4n) is 1.06. The zero-order chi connectivity index (χ0) is 14.7. The number of thioether (sulfide) groups is 1. The number of hydrogen-bond acceptors (Lipinski definition) is 7. The highest BCUT2D eigenvalue weighted by atomic mass is 32.2. The fourth-order valence-corrected chi connectivity index (χ4v) is 1.88. The summed E-state index contributed by atoms with van der Waals surface area (Å²) in [6.45, 7) is 3.86. The average Bonchev–Trinajstić information content (AvgIpc) is 2.34. The number of carbonyl (C=O) groups is 3. The minimum Gasteiger partial charge on any atom is -0.465 e. The van der Waals surface area contributed by atoms with Crippen LogP contribution in [-0.4, -0.2) is 48.7 Å². The number of alkyl carbamates (subject to hydrolysis) is 1. The molecule has 0 aliphatic carbocycles. The average molecular weight is 292 g/mol. The van der Waals surface area contributed by atoms with Crippen molar-refractivity contribution >= 4 is 29.7 Å². The topological polar surface area (TPSA) is 108 Å². The monoisotopic (exact) mass is 292 g/mol. The SMILES string of the molecule is CCOC(=O)NC(=O)CSCCC(N)C(=O)OCC. The lowest BCUT2D eigenvalue weighted by Crippen LogP contribution is -2.34. The molecule has 19 heavy (non-hydrogen) atoms. The second-order valence-electron chi connectivity index (χ2n) is 3.47. The minimum absolute atomic E-state index is 0.106. The Morgan fingerprint density at radius 3 is 2.42 bits per heavy atom. The minimum atomic E-state index is -0.753. The van der Waals surface area contributed by atoms with Crippen molar-refractivity contribution in [3.05, 3.63) is 0 Å². The van der Waals surface area contributed by atoms with Crippen LogP contribution < -0.4 is 11.1 Å². The second-order valence-corrected chi connectivity index (χ2v) is 4.57. The summed E-state index contributed by atoms with van der Waals surface area (Å²) in [6.07, 6.45) is -0.341. The molecule has 0 saturated heterocycles. The molecular formula is C11H20N2O5S. The number of nitrogens with two attached hydrogens (primary N) is 1. The summed E-state index contributed by atoms with van der Waals surface area (Å²) >= 11 is 1.28. The largest absolute Gasteiger partial charge is 0.465 e. The first kappa shape index (κ1) is 17.7. The van der Waals surface area contributed by atoms with Crippen molar-refractivity contribution < 1.29 is 23.9 Å². The van der Waals surface area contributed by atoms with Gasteiger partial charge in [0, 0.05) is 0 Å². The predicted octanol–water partition coefficient (Wildman–Crippen LogP) is 0.273. The van der Waals surface area contributed by atoms with E-state index in [-0.39, 0.29) is 12.4 Å². The van der Waals surface area contributed by atoms with Crippen molar-refractivity contribution in [3.8, 4) is 0 Å². The Bertz CT molecular complexity index is 311. The summed E-state index contributed by atoms with van der Waals surface area (Å²) in [7, 11) is 0. The first-order chi connectivity index (χ1) is 9.01. The van der Waals surface area contributed by atoms with Gasteiger partial charge in [-0.3, -0.25) is 14.9 Å². The molecular weight excluding hydrogens is 272 g/mol. The van der Waals surface area contributed by atoms with Gasteiger partial charge in [0.05, 0.1) is 19.0 Å². The number of imide groups is 1. The Morgan fingerprint density at radius 2 is 1.84 bits per heavy atom. The van der Waals surface area contributed by atoms with Crippen LogP contribution in [0, 0.1) is 0 Å². The van der Waals surface area contributed by atoms with Gasteiger partial charge in [-0.15, -0.1) is 0 Å². The van der Waals surface area contributed by atoms with Crippen LogP contribution in [0.25, 0.3) is 0 Å². The standard InChI is InChI=1S/C11H20N2O5S/c1-3-17-10(15)8(12)5-6-19-7-9(14)13-11(16)18-4-2/h8H,3-7,12H2,1-2H3,(H,13,14,16). The van der Waals surface area contributed by atoms with E-state index in [9.17, 15) is 14.4 Å². The third-order valence-corrected chi connectivity index (χ3v) is 2.90. The molecule has 0 aliphatic heterocycles. The molecule has 0 aromatic carbocycles. The van der Waals surface area contributed by atoms with Crippen LogP contribution in [0.1, 0.15) is 20.3 Å². The van der Waals surface area contributed by atoms with Gasteiger partial charge in [0.25, 0.3) is 0 Å². The van der Waals surface area contributed by atoms with Gasteiger partial charge in [0.1, 0.15) is 6.04 Å². The molecule has 1 unspecified atom stereocenters. The number of rotatable bonds is 8. The van der Waals surface area contributed by atoms with E-state index in [1.807, 2.05) is 0 Å². The number of hydrogen-bond donors (Lipinski definition) is 2. The van der Waals surface area contributed by atoms with Crippen LogP contribution in [0.15, 0.2) is 0 Å². The van der Waals surface area contributed by atoms with Crippen molar-refractivity contribution in [2.45, 2.75) is 26.3 Å². The van der Waals surface area contributed by atoms with Crippen LogP contribution in [0.4, 0.5) is 4.79 Å². The van der Waals surface area contributed by atoms with Crippen molar-refractivity contribution in [1.82, 2.24) is 5.32 Å². The molecule has 1 atom stereocenters. The highest BCUT2D eigenvalue weighted by Crippen LogP contribution is 2.04. The quantitative estimate of drug-likeness (QED) is 0.488. The maximum absolute atomic E-state index is 11.3. The molecule has 0 saturated carbocycles. The van der Waals surface area contributed by atoms with Gasteiger partial charge in [0.15, 0.2) is 0 Å². The lowest BCUT2D eigenvalue weighted by atomic mass is 10.2. The van der Waals surface area contributed by atoms with Crippen molar-refractivity contribution in [1.29, 1.82) is 0 Å². The number of nitrogens with one attached hydrogen (secondary N) is 1. The Morgan fingerprint density at radius 1 is 1.21 bits per heavy atom. The Kier molecular flexibility index (Phi) is 9.91. The first-order valence-electron chi connectivity index (χ1n) is 5.97. The zero-order valence-electron chi connectivity index (χ0n) is 11.1. The van der Waals surface area contributed by atoms with Crippen LogP contribution in [0.5, 0.6) is 0 Å². The summed E-state index contributed by atoms with van der Waals surface area (Å²) in [4.78, 5) is 33.4. The lowest BCUT2D eigenvalue weighted by Gasteiger charge is -2.09. The second kappa shape index (κ2) is 10.6. The third kappa shape index (κ3) is 9.32. The summed E-state index contributed by atoms with van der Waals surface area (Å²) < 4.78 is 9.30. The van der Waals surface area contributed by atoms with Gasteiger partial charge in [-0.2, -0.15) is 11.8 Å². The summed E-state index contributed by atoms with van der Waals surface area (Å²) in [5.41, 5.74) is 5.58. The maximum Gasteiger partial charge on any atom is 0.413 e. The Labute approximate surface area is 116 Å². The number of carbonyl (C=O) groups excluding carboxylic acids is 3. The molecule has 0 bridgehead atoms. The molecule has 8 heteroatoms. The summed E-state index contributed by atoms with van der Waals surface area (Å²) in [5.74, 6) is -0.253. The van der Waals surface area contributed by atoms with E-state index in [4.69, 9.17) is 10.5 Å². The van der Waals surface area contributed by atoms with Crippen molar-refractivity contribution in [2.75, 3.05) is 24.7 Å². The molecule has 3 N–H and O–H groups in total. The van der Waals surface area contributed by atoms with Gasteiger partial charge in [-0.05, 0) is 26.0 Å². The summed E-state index contributed by atoms with van der Waals surface area (Å²) in [6, 6.07) is -0.680. The highest BCUT2D eigenvalue weighted by Gasteiger charge is 2.14. The fraction of sp³-hybridized carbons (Fsp3) is 0.727. The zero-order valence-corrected chi connectivity index (χ0v) is 12.0. The number of ether oxygens (including phenoxy) is 2. The van der Waals surface area contributed by atoms with E-state index < -0.39 is 24.0 Å². The van der Waals surface area contributed by atoms with Gasteiger partial charge >= 0.3 is 12.1 Å². The van der Waals surface area contributed by atoms with Crippen molar-refractivity contribution in [3.63, 3.8) is 0 Å². The molecule has 0 aliphatic rings. The molecule has 0 aromatic heterocycles. The van der Waals surface area contributed by atoms with E-state index in [2.05, 4.69) is 10.1 Å². The Balaban J connectivity index is 3.66. The predicted molar refractivity (Wildman–Crippen MR) is 71.7 cm³/mol. The number of amides is 2. The van der Waals surface area contributed by atoms with Gasteiger partial charge in [0.2, 0.25) is 5.91 Å². The van der Waals surface area contributed by atoms with E-state index in [1.165, 1.54) is 11.8 Å².